The molecule has 0 aliphatic heterocycles. The predicted molar refractivity (Wildman–Crippen MR) is 76.1 cm³/mol. The maximum Gasteiger partial charge on any atom is 0.264 e. The Kier molecular flexibility index (Phi) is 3.07. The number of hydrogen-bond acceptors (Lipinski definition) is 4. The molecule has 0 amide bonds. The summed E-state index contributed by atoms with van der Waals surface area (Å²) in [5.41, 5.74) is 1.26. The SMILES string of the molecule is O=S(=O)(Nc1ccc2[nH]ncc2c1)c1cccnc1Cl. The molecule has 0 spiro atoms. The van der Waals surface area contributed by atoms with Crippen molar-refractivity contribution in [3.05, 3.63) is 47.9 Å². The average molecular weight is 309 g/mol. The van der Waals surface area contributed by atoms with Crippen molar-refractivity contribution in [1.82, 2.24) is 15.2 Å². The van der Waals surface area contributed by atoms with Crippen LogP contribution in [0.2, 0.25) is 5.15 Å². The topological polar surface area (TPSA) is 87.7 Å². The van der Waals surface area contributed by atoms with Crippen molar-refractivity contribution in [3.63, 3.8) is 0 Å². The van der Waals surface area contributed by atoms with E-state index in [2.05, 4.69) is 19.9 Å². The molecule has 0 atom stereocenters. The lowest BCUT2D eigenvalue weighted by Gasteiger charge is -2.08. The van der Waals surface area contributed by atoms with Crippen LogP contribution in [0.1, 0.15) is 0 Å². The molecule has 20 heavy (non-hydrogen) atoms. The first-order chi connectivity index (χ1) is 9.56. The zero-order chi connectivity index (χ0) is 14.2. The molecule has 0 aliphatic carbocycles. The van der Waals surface area contributed by atoms with Gasteiger partial charge in [0.25, 0.3) is 10.0 Å². The molecule has 0 radical (unpaired) electrons. The summed E-state index contributed by atoms with van der Waals surface area (Å²) >= 11 is 5.81. The Hall–Kier alpha value is -2.12. The molecule has 3 aromatic rings. The van der Waals surface area contributed by atoms with Gasteiger partial charge in [0.2, 0.25) is 0 Å². The summed E-state index contributed by atoms with van der Waals surface area (Å²) in [7, 11) is -3.77. The van der Waals surface area contributed by atoms with E-state index >= 15 is 0 Å². The van der Waals surface area contributed by atoms with Crippen LogP contribution in [0.25, 0.3) is 10.9 Å². The molecule has 0 saturated heterocycles. The molecule has 0 saturated carbocycles. The summed E-state index contributed by atoms with van der Waals surface area (Å²) in [5, 5.41) is 7.41. The number of halogens is 1. The molecule has 0 fully saturated rings. The van der Waals surface area contributed by atoms with Gasteiger partial charge in [0.05, 0.1) is 11.7 Å². The highest BCUT2D eigenvalue weighted by Gasteiger charge is 2.18. The zero-order valence-corrected chi connectivity index (χ0v) is 11.6. The summed E-state index contributed by atoms with van der Waals surface area (Å²) in [6, 6.07) is 7.97. The minimum absolute atomic E-state index is 0.0612. The highest BCUT2D eigenvalue weighted by atomic mass is 35.5. The maximum atomic E-state index is 12.2. The number of nitrogens with one attached hydrogen (secondary N) is 2. The lowest BCUT2D eigenvalue weighted by Crippen LogP contribution is -2.13. The summed E-state index contributed by atoms with van der Waals surface area (Å²) in [4.78, 5) is 3.70. The Morgan fingerprint density at radius 1 is 1.25 bits per heavy atom. The van der Waals surface area contributed by atoms with Crippen molar-refractivity contribution < 1.29 is 8.42 Å². The Morgan fingerprint density at radius 3 is 2.90 bits per heavy atom. The fourth-order valence-corrected chi connectivity index (χ4v) is 3.29. The van der Waals surface area contributed by atoms with Crippen LogP contribution in [0.3, 0.4) is 0 Å². The van der Waals surface area contributed by atoms with Gasteiger partial charge in [0.15, 0.2) is 0 Å². The maximum absolute atomic E-state index is 12.2. The number of hydrogen-bond donors (Lipinski definition) is 2. The third-order valence-corrected chi connectivity index (χ3v) is 4.53. The van der Waals surface area contributed by atoms with E-state index in [0.717, 1.165) is 10.9 Å². The lowest BCUT2D eigenvalue weighted by molar-refractivity contribution is 0.601. The number of fused-ring (bicyclic) bond motifs is 1. The summed E-state index contributed by atoms with van der Waals surface area (Å²) < 4.78 is 26.9. The lowest BCUT2D eigenvalue weighted by atomic mass is 10.2. The summed E-state index contributed by atoms with van der Waals surface area (Å²) in [5.74, 6) is 0. The Bertz CT molecular complexity index is 876. The normalized spacial score (nSPS) is 11.7. The van der Waals surface area contributed by atoms with E-state index in [-0.39, 0.29) is 10.0 Å². The first kappa shape index (κ1) is 12.9. The minimum Gasteiger partial charge on any atom is -0.280 e. The van der Waals surface area contributed by atoms with E-state index in [4.69, 9.17) is 11.6 Å². The van der Waals surface area contributed by atoms with E-state index < -0.39 is 10.0 Å². The van der Waals surface area contributed by atoms with Crippen molar-refractivity contribution in [2.45, 2.75) is 4.90 Å². The summed E-state index contributed by atoms with van der Waals surface area (Å²) in [6.07, 6.45) is 3.04. The van der Waals surface area contributed by atoms with Gasteiger partial charge in [-0.05, 0) is 30.3 Å². The number of pyridine rings is 1. The van der Waals surface area contributed by atoms with E-state index in [0.29, 0.717) is 5.69 Å². The first-order valence-corrected chi connectivity index (χ1v) is 7.49. The molecular weight excluding hydrogens is 300 g/mol. The number of aromatic amines is 1. The molecule has 0 aliphatic rings. The Morgan fingerprint density at radius 2 is 2.10 bits per heavy atom. The van der Waals surface area contributed by atoms with Crippen molar-refractivity contribution >= 4 is 38.2 Å². The number of H-pyrrole nitrogens is 1. The van der Waals surface area contributed by atoms with Gasteiger partial charge in [-0.3, -0.25) is 9.82 Å². The third-order valence-electron chi connectivity index (χ3n) is 2.71. The smallest absolute Gasteiger partial charge is 0.264 e. The van der Waals surface area contributed by atoms with E-state index in [1.54, 1.807) is 24.4 Å². The molecule has 0 unspecified atom stereocenters. The molecular formula is C12H9ClN4O2S. The molecule has 2 heterocycles. The Labute approximate surface area is 119 Å². The highest BCUT2D eigenvalue weighted by Crippen LogP contribution is 2.23. The second-order valence-corrected chi connectivity index (χ2v) is 6.08. The van der Waals surface area contributed by atoms with Crippen LogP contribution >= 0.6 is 11.6 Å². The number of anilines is 1. The first-order valence-electron chi connectivity index (χ1n) is 5.63. The van der Waals surface area contributed by atoms with Crippen LogP contribution in [0.15, 0.2) is 47.6 Å². The monoisotopic (exact) mass is 308 g/mol. The number of aromatic nitrogens is 3. The van der Waals surface area contributed by atoms with Gasteiger partial charge in [-0.25, -0.2) is 13.4 Å². The molecule has 1 aromatic carbocycles. The standard InChI is InChI=1S/C12H9ClN4O2S/c13-12-11(2-1-5-14-12)20(18,19)17-9-3-4-10-8(6-9)7-15-16-10/h1-7,17H,(H,15,16). The van der Waals surface area contributed by atoms with Crippen molar-refractivity contribution in [1.29, 1.82) is 0 Å². The second-order valence-electron chi connectivity index (χ2n) is 4.07. The number of rotatable bonds is 3. The molecule has 2 aromatic heterocycles. The molecule has 3 rings (SSSR count). The van der Waals surface area contributed by atoms with E-state index in [9.17, 15) is 8.42 Å². The molecule has 102 valence electrons. The van der Waals surface area contributed by atoms with Crippen LogP contribution in [-0.2, 0) is 10.0 Å². The molecule has 0 bridgehead atoms. The van der Waals surface area contributed by atoms with Gasteiger partial charge in [-0.1, -0.05) is 11.6 Å². The molecule has 6 nitrogen and oxygen atoms in total. The van der Waals surface area contributed by atoms with Crippen molar-refractivity contribution in [2.24, 2.45) is 0 Å². The number of benzene rings is 1. The van der Waals surface area contributed by atoms with Crippen LogP contribution in [0.4, 0.5) is 5.69 Å². The fraction of sp³-hybridized carbons (Fsp3) is 0. The fourth-order valence-electron chi connectivity index (χ4n) is 1.79. The van der Waals surface area contributed by atoms with Gasteiger partial charge in [0, 0.05) is 17.3 Å². The molecule has 2 N–H and O–H groups in total. The largest absolute Gasteiger partial charge is 0.280 e. The van der Waals surface area contributed by atoms with Gasteiger partial charge < -0.3 is 0 Å². The number of sulfonamides is 1. The second kappa shape index (κ2) is 4.77. The van der Waals surface area contributed by atoms with Crippen LogP contribution in [0, 0.1) is 0 Å². The van der Waals surface area contributed by atoms with Crippen molar-refractivity contribution in [2.75, 3.05) is 4.72 Å². The quantitative estimate of drug-likeness (QED) is 0.727. The summed E-state index contributed by atoms with van der Waals surface area (Å²) in [6.45, 7) is 0. The third kappa shape index (κ3) is 2.33. The van der Waals surface area contributed by atoms with Crippen LogP contribution in [0.5, 0.6) is 0 Å². The van der Waals surface area contributed by atoms with E-state index in [1.807, 2.05) is 0 Å². The van der Waals surface area contributed by atoms with Gasteiger partial charge in [-0.15, -0.1) is 0 Å². The van der Waals surface area contributed by atoms with Crippen LogP contribution in [-0.4, -0.2) is 23.6 Å². The highest BCUT2D eigenvalue weighted by molar-refractivity contribution is 7.92. The Balaban J connectivity index is 1.99. The van der Waals surface area contributed by atoms with Gasteiger partial charge in [0.1, 0.15) is 10.0 Å². The van der Waals surface area contributed by atoms with E-state index in [1.165, 1.54) is 18.3 Å². The minimum atomic E-state index is -3.77. The average Bonchev–Trinajstić information content (AvgIpc) is 2.86. The van der Waals surface area contributed by atoms with Crippen LogP contribution < -0.4 is 4.72 Å². The van der Waals surface area contributed by atoms with Gasteiger partial charge in [-0.2, -0.15) is 5.10 Å². The zero-order valence-electron chi connectivity index (χ0n) is 10.0. The molecule has 8 heteroatoms. The number of nitrogens with zero attached hydrogens (tertiary/aromatic N) is 2. The van der Waals surface area contributed by atoms with Gasteiger partial charge >= 0.3 is 0 Å². The predicted octanol–water partition coefficient (Wildman–Crippen LogP) is 2.41. The van der Waals surface area contributed by atoms with Crippen molar-refractivity contribution in [3.8, 4) is 0 Å².